The molecule has 0 aliphatic carbocycles. The molecule has 0 heterocycles. The van der Waals surface area contributed by atoms with Gasteiger partial charge in [0.15, 0.2) is 0 Å². The topological polar surface area (TPSA) is 50.7 Å². The Balaban J connectivity index is 3.69. The van der Waals surface area contributed by atoms with Crippen LogP contribution in [-0.4, -0.2) is 29.9 Å². The van der Waals surface area contributed by atoms with E-state index < -0.39 is 6.09 Å². The van der Waals surface area contributed by atoms with Gasteiger partial charge in [-0.3, -0.25) is 4.84 Å². The lowest BCUT2D eigenvalue weighted by Crippen LogP contribution is -2.17. The number of amides is 1. The molecule has 5 heteroatoms. The zero-order valence-electron chi connectivity index (χ0n) is 8.46. The molecule has 0 aromatic rings. The molecule has 0 bridgehead atoms. The van der Waals surface area contributed by atoms with Crippen LogP contribution in [0.3, 0.4) is 0 Å². The quantitative estimate of drug-likeness (QED) is 0.432. The maximum absolute atomic E-state index is 10.6. The molecule has 0 unspecified atom stereocenters. The Hall–Kier alpha value is -0.710. The molecular formula is C8H16N2O2S. The van der Waals surface area contributed by atoms with Crippen LogP contribution in [0.1, 0.15) is 20.8 Å². The van der Waals surface area contributed by atoms with Crippen molar-refractivity contribution < 1.29 is 9.63 Å². The molecule has 13 heavy (non-hydrogen) atoms. The van der Waals surface area contributed by atoms with Gasteiger partial charge >= 0.3 is 6.09 Å². The molecule has 0 aromatic carbocycles. The second-order valence-electron chi connectivity index (χ2n) is 2.82. The van der Waals surface area contributed by atoms with Gasteiger partial charge in [0.1, 0.15) is 0 Å². The van der Waals surface area contributed by atoms with Crippen LogP contribution in [0.25, 0.3) is 0 Å². The third-order valence-corrected chi connectivity index (χ3v) is 2.37. The highest BCUT2D eigenvalue weighted by Crippen LogP contribution is 2.08. The summed E-state index contributed by atoms with van der Waals surface area (Å²) in [4.78, 5) is 15.1. The number of rotatable bonds is 4. The van der Waals surface area contributed by atoms with Crippen LogP contribution in [0, 0.1) is 0 Å². The number of nitrogens with zero attached hydrogens (tertiary/aromatic N) is 1. The maximum Gasteiger partial charge on any atom is 0.433 e. The van der Waals surface area contributed by atoms with Gasteiger partial charge in [-0.05, 0) is 12.2 Å². The van der Waals surface area contributed by atoms with Crippen molar-refractivity contribution in [2.45, 2.75) is 26.0 Å². The van der Waals surface area contributed by atoms with E-state index in [1.54, 1.807) is 11.8 Å². The van der Waals surface area contributed by atoms with Gasteiger partial charge in [-0.15, -0.1) is 0 Å². The van der Waals surface area contributed by atoms with Crippen molar-refractivity contribution in [3.05, 3.63) is 0 Å². The van der Waals surface area contributed by atoms with E-state index in [9.17, 15) is 4.79 Å². The third-order valence-electron chi connectivity index (χ3n) is 1.11. The molecule has 76 valence electrons. The minimum atomic E-state index is -0.533. The third kappa shape index (κ3) is 7.64. The van der Waals surface area contributed by atoms with E-state index in [4.69, 9.17) is 0 Å². The lowest BCUT2D eigenvalue weighted by atomic mass is 10.5. The lowest BCUT2D eigenvalue weighted by molar-refractivity contribution is 0.153. The molecule has 0 aromatic heterocycles. The first-order valence-corrected chi connectivity index (χ1v) is 5.15. The van der Waals surface area contributed by atoms with Gasteiger partial charge in [0.05, 0.1) is 5.71 Å². The minimum Gasteiger partial charge on any atom is -0.323 e. The van der Waals surface area contributed by atoms with E-state index >= 15 is 0 Å². The predicted octanol–water partition coefficient (Wildman–Crippen LogP) is 1.86. The van der Waals surface area contributed by atoms with E-state index in [-0.39, 0.29) is 0 Å². The van der Waals surface area contributed by atoms with Crippen molar-refractivity contribution in [3.8, 4) is 0 Å². The Morgan fingerprint density at radius 3 is 2.69 bits per heavy atom. The smallest absolute Gasteiger partial charge is 0.323 e. The SMILES string of the molecule is CNC(=O)ON=C(C)CSC(C)C. The minimum absolute atomic E-state index is 0.533. The molecular weight excluding hydrogens is 188 g/mol. The first kappa shape index (κ1) is 12.3. The van der Waals surface area contributed by atoms with Gasteiger partial charge in [0, 0.05) is 12.8 Å². The number of carbonyl (C=O) groups is 1. The van der Waals surface area contributed by atoms with Crippen LogP contribution in [0.2, 0.25) is 0 Å². The Labute approximate surface area is 83.1 Å². The van der Waals surface area contributed by atoms with Gasteiger partial charge in [0.2, 0.25) is 0 Å². The highest BCUT2D eigenvalue weighted by Gasteiger charge is 1.99. The van der Waals surface area contributed by atoms with E-state index in [0.29, 0.717) is 5.25 Å². The van der Waals surface area contributed by atoms with Crippen molar-refractivity contribution in [2.75, 3.05) is 12.8 Å². The summed E-state index contributed by atoms with van der Waals surface area (Å²) < 4.78 is 0. The first-order valence-electron chi connectivity index (χ1n) is 4.10. The summed E-state index contributed by atoms with van der Waals surface area (Å²) in [7, 11) is 1.50. The van der Waals surface area contributed by atoms with Crippen molar-refractivity contribution in [3.63, 3.8) is 0 Å². The molecule has 4 nitrogen and oxygen atoms in total. The molecule has 0 saturated carbocycles. The number of thioether (sulfide) groups is 1. The van der Waals surface area contributed by atoms with Crippen molar-refractivity contribution in [1.29, 1.82) is 0 Å². The average Bonchev–Trinajstić information content (AvgIpc) is 2.10. The summed E-state index contributed by atoms with van der Waals surface area (Å²) in [5.41, 5.74) is 0.808. The Morgan fingerprint density at radius 2 is 2.23 bits per heavy atom. The molecule has 1 N–H and O–H groups in total. The van der Waals surface area contributed by atoms with Crippen LogP contribution in [0.5, 0.6) is 0 Å². The lowest BCUT2D eigenvalue weighted by Gasteiger charge is -2.03. The molecule has 0 saturated heterocycles. The summed E-state index contributed by atoms with van der Waals surface area (Å²) in [5.74, 6) is 0.786. The Kier molecular flexibility index (Phi) is 6.40. The molecule has 0 aliphatic rings. The average molecular weight is 204 g/mol. The van der Waals surface area contributed by atoms with Crippen molar-refractivity contribution >= 4 is 23.6 Å². The van der Waals surface area contributed by atoms with Gasteiger partial charge in [-0.25, -0.2) is 4.79 Å². The predicted molar refractivity (Wildman–Crippen MR) is 56.2 cm³/mol. The fourth-order valence-electron chi connectivity index (χ4n) is 0.479. The largest absolute Gasteiger partial charge is 0.433 e. The molecule has 0 aliphatic heterocycles. The maximum atomic E-state index is 10.6. The molecule has 0 fully saturated rings. The summed E-state index contributed by atoms with van der Waals surface area (Å²) in [6.45, 7) is 6.05. The summed E-state index contributed by atoms with van der Waals surface area (Å²) in [5, 5.41) is 6.52. The molecule has 0 rings (SSSR count). The molecule has 0 radical (unpaired) electrons. The molecule has 0 spiro atoms. The van der Waals surface area contributed by atoms with E-state index in [1.165, 1.54) is 7.05 Å². The van der Waals surface area contributed by atoms with E-state index in [2.05, 4.69) is 29.2 Å². The zero-order chi connectivity index (χ0) is 10.3. The Bertz CT molecular complexity index is 193. The van der Waals surface area contributed by atoms with E-state index in [0.717, 1.165) is 11.5 Å². The fraction of sp³-hybridized carbons (Fsp3) is 0.750. The van der Waals surface area contributed by atoms with Gasteiger partial charge in [-0.1, -0.05) is 19.0 Å². The summed E-state index contributed by atoms with van der Waals surface area (Å²) >= 11 is 1.76. The van der Waals surface area contributed by atoms with Crippen molar-refractivity contribution in [2.24, 2.45) is 5.16 Å². The first-order chi connectivity index (χ1) is 6.06. The molecule has 0 atom stereocenters. The van der Waals surface area contributed by atoms with Crippen molar-refractivity contribution in [1.82, 2.24) is 5.32 Å². The second-order valence-corrected chi connectivity index (χ2v) is 4.38. The van der Waals surface area contributed by atoms with Crippen LogP contribution in [0.15, 0.2) is 5.16 Å². The van der Waals surface area contributed by atoms with Gasteiger partial charge in [0.25, 0.3) is 0 Å². The monoisotopic (exact) mass is 204 g/mol. The number of hydrogen-bond acceptors (Lipinski definition) is 4. The van der Waals surface area contributed by atoms with Crippen LogP contribution in [0.4, 0.5) is 4.79 Å². The fourth-order valence-corrected chi connectivity index (χ4v) is 1.11. The summed E-state index contributed by atoms with van der Waals surface area (Å²) in [6.07, 6.45) is -0.533. The van der Waals surface area contributed by atoms with Gasteiger partial charge < -0.3 is 5.32 Å². The summed E-state index contributed by atoms with van der Waals surface area (Å²) in [6, 6.07) is 0. The standard InChI is InChI=1S/C8H16N2O2S/c1-6(2)13-5-7(3)10-12-8(11)9-4/h6H,5H2,1-4H3,(H,9,11). The zero-order valence-corrected chi connectivity index (χ0v) is 9.27. The number of oxime groups is 1. The van der Waals surface area contributed by atoms with Gasteiger partial charge in [-0.2, -0.15) is 11.8 Å². The van der Waals surface area contributed by atoms with Crippen LogP contribution >= 0.6 is 11.8 Å². The van der Waals surface area contributed by atoms with Crippen LogP contribution in [-0.2, 0) is 4.84 Å². The Morgan fingerprint density at radius 1 is 1.62 bits per heavy atom. The van der Waals surface area contributed by atoms with E-state index in [1.807, 2.05) is 6.92 Å². The number of hydrogen-bond donors (Lipinski definition) is 1. The molecule has 1 amide bonds. The highest BCUT2D eigenvalue weighted by atomic mass is 32.2. The highest BCUT2D eigenvalue weighted by molar-refractivity contribution is 8.00. The second kappa shape index (κ2) is 6.77. The van der Waals surface area contributed by atoms with Crippen LogP contribution < -0.4 is 5.32 Å². The number of carbonyl (C=O) groups excluding carboxylic acids is 1. The normalized spacial score (nSPS) is 11.6. The number of nitrogens with one attached hydrogen (secondary N) is 1.